The van der Waals surface area contributed by atoms with Crippen LogP contribution in [0.3, 0.4) is 0 Å². The maximum atomic E-state index is 11.4. The van der Waals surface area contributed by atoms with Crippen LogP contribution in [0.4, 0.5) is 10.8 Å². The van der Waals surface area contributed by atoms with Gasteiger partial charge in [-0.05, 0) is 71.3 Å². The van der Waals surface area contributed by atoms with Crippen molar-refractivity contribution in [2.45, 2.75) is 23.9 Å². The number of carboxylic acid groups (broad SMARTS) is 2. The Balaban J connectivity index is 1.16. The lowest BCUT2D eigenvalue weighted by Crippen LogP contribution is -2.01. The van der Waals surface area contributed by atoms with E-state index in [-0.39, 0.29) is 17.7 Å². The number of ether oxygens (including phenoxy) is 2. The number of hydrogen-bond acceptors (Lipinski definition) is 9. The fourth-order valence-electron chi connectivity index (χ4n) is 4.65. The molecule has 11 heteroatoms. The monoisotopic (exact) mass is 675 g/mol. The number of carboxylic acids is 2. The topological polar surface area (TPSA) is 131 Å². The molecule has 9 nitrogen and oxygen atoms in total. The first-order valence-corrected chi connectivity index (χ1v) is 16.6. The fourth-order valence-corrected chi connectivity index (χ4v) is 6.31. The van der Waals surface area contributed by atoms with Gasteiger partial charge < -0.3 is 25.0 Å². The minimum Gasteiger partial charge on any atom is -0.489 e. The van der Waals surface area contributed by atoms with E-state index < -0.39 is 11.9 Å². The molecule has 0 spiro atoms. The summed E-state index contributed by atoms with van der Waals surface area (Å²) in [6.45, 7) is 0.545. The zero-order valence-electron chi connectivity index (χ0n) is 25.4. The number of aromatic carboxylic acids is 2. The normalized spacial score (nSPS) is 10.8. The Kier molecular flexibility index (Phi) is 10.3. The molecule has 0 bridgehead atoms. The number of anilines is 2. The smallest absolute Gasteiger partial charge is 0.335 e. The fraction of sp³-hybridized carbons (Fsp3) is 0.0811. The summed E-state index contributed by atoms with van der Waals surface area (Å²) in [4.78, 5) is 23.6. The Morgan fingerprint density at radius 2 is 1.35 bits per heavy atom. The standard InChI is InChI=1S/C37H29N3O6S2/c41-35(42)27-14-12-25(13-15-27)23-47-33-11-5-10-30(19-33)38-37-40-39-34(48-37)29-17-31(45-21-24-6-2-1-3-7-24)20-32(18-29)46-22-26-8-4-9-28(16-26)36(43)44/h1-20H,21-23H2,(H,38,40)(H,41,42)(H,43,44). The Hall–Kier alpha value is -5.65. The van der Waals surface area contributed by atoms with Gasteiger partial charge in [0.15, 0.2) is 0 Å². The highest BCUT2D eigenvalue weighted by molar-refractivity contribution is 7.98. The van der Waals surface area contributed by atoms with E-state index in [2.05, 4.69) is 15.5 Å². The lowest BCUT2D eigenvalue weighted by molar-refractivity contribution is 0.0686. The van der Waals surface area contributed by atoms with Gasteiger partial charge in [0.25, 0.3) is 0 Å². The van der Waals surface area contributed by atoms with E-state index in [0.29, 0.717) is 34.0 Å². The van der Waals surface area contributed by atoms with E-state index >= 15 is 0 Å². The van der Waals surface area contributed by atoms with Crippen LogP contribution in [0.15, 0.2) is 126 Å². The van der Waals surface area contributed by atoms with Crippen LogP contribution in [-0.2, 0) is 19.0 Å². The molecule has 0 aliphatic rings. The summed E-state index contributed by atoms with van der Waals surface area (Å²) < 4.78 is 12.2. The van der Waals surface area contributed by atoms with Crippen molar-refractivity contribution in [3.63, 3.8) is 0 Å². The molecule has 0 fully saturated rings. The molecule has 1 heterocycles. The van der Waals surface area contributed by atoms with Crippen LogP contribution in [0, 0.1) is 0 Å². The van der Waals surface area contributed by atoms with Gasteiger partial charge in [-0.15, -0.1) is 22.0 Å². The highest BCUT2D eigenvalue weighted by Gasteiger charge is 2.13. The first kappa shape index (κ1) is 32.3. The lowest BCUT2D eigenvalue weighted by atomic mass is 10.1. The van der Waals surface area contributed by atoms with Gasteiger partial charge in [-0.2, -0.15) is 0 Å². The van der Waals surface area contributed by atoms with E-state index in [0.717, 1.165) is 32.8 Å². The lowest BCUT2D eigenvalue weighted by Gasteiger charge is -2.12. The molecule has 3 N–H and O–H groups in total. The molecule has 0 saturated carbocycles. The molecule has 0 aliphatic heterocycles. The van der Waals surface area contributed by atoms with Gasteiger partial charge in [0, 0.05) is 28.0 Å². The van der Waals surface area contributed by atoms with Crippen molar-refractivity contribution in [3.05, 3.63) is 149 Å². The second-order valence-electron chi connectivity index (χ2n) is 10.6. The van der Waals surface area contributed by atoms with Gasteiger partial charge in [-0.3, -0.25) is 0 Å². The van der Waals surface area contributed by atoms with Gasteiger partial charge in [0.05, 0.1) is 11.1 Å². The summed E-state index contributed by atoms with van der Waals surface area (Å²) in [6.07, 6.45) is 0. The minimum absolute atomic E-state index is 0.174. The predicted octanol–water partition coefficient (Wildman–Crippen LogP) is 8.80. The minimum atomic E-state index is -0.994. The third-order valence-corrected chi connectivity index (χ3v) is 9.02. The molecular weight excluding hydrogens is 647 g/mol. The summed E-state index contributed by atoms with van der Waals surface area (Å²) in [5.41, 5.74) is 4.87. The van der Waals surface area contributed by atoms with E-state index in [1.807, 2.05) is 84.9 Å². The van der Waals surface area contributed by atoms with Gasteiger partial charge in [-0.1, -0.05) is 72.0 Å². The number of thioether (sulfide) groups is 1. The van der Waals surface area contributed by atoms with Crippen LogP contribution < -0.4 is 14.8 Å². The average Bonchev–Trinajstić information content (AvgIpc) is 3.58. The molecule has 0 radical (unpaired) electrons. The van der Waals surface area contributed by atoms with Crippen LogP contribution in [-0.4, -0.2) is 32.3 Å². The zero-order valence-corrected chi connectivity index (χ0v) is 27.0. The molecule has 0 aliphatic carbocycles. The quantitative estimate of drug-likeness (QED) is 0.0963. The number of carbonyl (C=O) groups is 2. The molecule has 6 aromatic rings. The first-order valence-electron chi connectivity index (χ1n) is 14.8. The van der Waals surface area contributed by atoms with Gasteiger partial charge in [-0.25, -0.2) is 9.59 Å². The first-order chi connectivity index (χ1) is 23.4. The summed E-state index contributed by atoms with van der Waals surface area (Å²) >= 11 is 3.04. The number of nitrogens with zero attached hydrogens (tertiary/aromatic N) is 2. The summed E-state index contributed by atoms with van der Waals surface area (Å²) in [7, 11) is 0. The highest BCUT2D eigenvalue weighted by atomic mass is 32.2. The maximum Gasteiger partial charge on any atom is 0.335 e. The average molecular weight is 676 g/mol. The van der Waals surface area contributed by atoms with Crippen molar-refractivity contribution in [2.24, 2.45) is 0 Å². The molecular formula is C37H29N3O6S2. The third kappa shape index (κ3) is 8.78. The summed E-state index contributed by atoms with van der Waals surface area (Å²) in [5, 5.41) is 31.9. The second-order valence-corrected chi connectivity index (χ2v) is 12.6. The Morgan fingerprint density at radius 3 is 2.08 bits per heavy atom. The van der Waals surface area contributed by atoms with Crippen LogP contribution >= 0.6 is 23.1 Å². The van der Waals surface area contributed by atoms with Crippen molar-refractivity contribution < 1.29 is 29.3 Å². The summed E-state index contributed by atoms with van der Waals surface area (Å²) in [6, 6.07) is 36.9. The van der Waals surface area contributed by atoms with E-state index in [4.69, 9.17) is 14.6 Å². The van der Waals surface area contributed by atoms with Crippen LogP contribution in [0.1, 0.15) is 37.4 Å². The van der Waals surface area contributed by atoms with E-state index in [1.165, 1.54) is 11.3 Å². The highest BCUT2D eigenvalue weighted by Crippen LogP contribution is 2.35. The van der Waals surface area contributed by atoms with Crippen LogP contribution in [0.5, 0.6) is 11.5 Å². The van der Waals surface area contributed by atoms with Gasteiger partial charge in [0.2, 0.25) is 5.13 Å². The van der Waals surface area contributed by atoms with Gasteiger partial charge >= 0.3 is 11.9 Å². The van der Waals surface area contributed by atoms with Crippen molar-refractivity contribution >= 4 is 45.9 Å². The summed E-state index contributed by atoms with van der Waals surface area (Å²) in [5.74, 6) is -0.0940. The van der Waals surface area contributed by atoms with Crippen molar-refractivity contribution in [2.75, 3.05) is 5.32 Å². The molecule has 0 amide bonds. The molecule has 0 atom stereocenters. The molecule has 5 aromatic carbocycles. The van der Waals surface area contributed by atoms with Crippen molar-refractivity contribution in [1.29, 1.82) is 0 Å². The molecule has 0 saturated heterocycles. The Morgan fingerprint density at radius 1 is 0.667 bits per heavy atom. The number of benzene rings is 5. The maximum absolute atomic E-state index is 11.4. The zero-order chi connectivity index (χ0) is 33.3. The van der Waals surface area contributed by atoms with Crippen molar-refractivity contribution in [3.8, 4) is 22.1 Å². The molecule has 48 heavy (non-hydrogen) atoms. The third-order valence-electron chi connectivity index (χ3n) is 7.07. The largest absolute Gasteiger partial charge is 0.489 e. The number of hydrogen-bond donors (Lipinski definition) is 3. The number of rotatable bonds is 14. The Labute approximate surface area is 284 Å². The van der Waals surface area contributed by atoms with Gasteiger partial charge in [0.1, 0.15) is 29.7 Å². The number of aromatic nitrogens is 2. The Bertz CT molecular complexity index is 2030. The van der Waals surface area contributed by atoms with E-state index in [9.17, 15) is 14.7 Å². The molecule has 240 valence electrons. The molecule has 6 rings (SSSR count). The second kappa shape index (κ2) is 15.3. The predicted molar refractivity (Wildman–Crippen MR) is 187 cm³/mol. The SMILES string of the molecule is O=C(O)c1ccc(CSc2cccc(Nc3nnc(-c4cc(OCc5ccccc5)cc(OCc5cccc(C(=O)O)c5)c4)s3)c2)cc1. The molecule has 0 unspecified atom stereocenters. The number of nitrogens with one attached hydrogen (secondary N) is 1. The van der Waals surface area contributed by atoms with Crippen LogP contribution in [0.25, 0.3) is 10.6 Å². The van der Waals surface area contributed by atoms with E-state index in [1.54, 1.807) is 48.2 Å². The van der Waals surface area contributed by atoms with Crippen molar-refractivity contribution in [1.82, 2.24) is 10.2 Å². The van der Waals surface area contributed by atoms with Crippen LogP contribution in [0.2, 0.25) is 0 Å². The molecule has 1 aromatic heterocycles.